The molecule has 6 heteroatoms. The van der Waals surface area contributed by atoms with Crippen LogP contribution in [0.5, 0.6) is 0 Å². The SMILES string of the molecule is CC(C)n1ccc(-c2cc(C(=O)N3CCC(N(C)C)CC3)c3ccccn23)n1. The highest BCUT2D eigenvalue weighted by Crippen LogP contribution is 2.27. The van der Waals surface area contributed by atoms with E-state index in [9.17, 15) is 4.79 Å². The molecule has 148 valence electrons. The highest BCUT2D eigenvalue weighted by molar-refractivity contribution is 6.02. The standard InChI is InChI=1S/C22H29N5O/c1-16(2)27-14-10-19(23-27)21-15-18(20-7-5-6-11-26(20)21)22(28)25-12-8-17(9-13-25)24(3)4/h5-7,10-11,14-17H,8-9,12-13H2,1-4H3. The number of pyridine rings is 1. The summed E-state index contributed by atoms with van der Waals surface area (Å²) in [6.45, 7) is 5.84. The molecule has 1 fully saturated rings. The summed E-state index contributed by atoms with van der Waals surface area (Å²) >= 11 is 0. The molecule has 3 aromatic heterocycles. The number of piperidine rings is 1. The smallest absolute Gasteiger partial charge is 0.256 e. The van der Waals surface area contributed by atoms with Crippen molar-refractivity contribution in [2.45, 2.75) is 38.8 Å². The molecule has 0 aliphatic carbocycles. The minimum absolute atomic E-state index is 0.121. The molecular formula is C22H29N5O. The molecule has 1 amide bonds. The fraction of sp³-hybridized carbons (Fsp3) is 0.455. The Kier molecular flexibility index (Phi) is 4.98. The maximum absolute atomic E-state index is 13.3. The number of hydrogen-bond donors (Lipinski definition) is 0. The van der Waals surface area contributed by atoms with E-state index in [1.807, 2.05) is 52.3 Å². The summed E-state index contributed by atoms with van der Waals surface area (Å²) in [6, 6.07) is 10.9. The lowest BCUT2D eigenvalue weighted by molar-refractivity contribution is 0.0665. The molecule has 3 aromatic rings. The van der Waals surface area contributed by atoms with Crippen molar-refractivity contribution >= 4 is 11.4 Å². The average molecular weight is 380 g/mol. The van der Waals surface area contributed by atoms with Gasteiger partial charge in [0.05, 0.1) is 16.8 Å². The van der Waals surface area contributed by atoms with E-state index >= 15 is 0 Å². The molecule has 6 nitrogen and oxygen atoms in total. The largest absolute Gasteiger partial charge is 0.338 e. The van der Waals surface area contributed by atoms with Gasteiger partial charge in [0.25, 0.3) is 5.91 Å². The first kappa shape index (κ1) is 18.7. The zero-order chi connectivity index (χ0) is 19.8. The Morgan fingerprint density at radius 2 is 1.89 bits per heavy atom. The first-order valence-corrected chi connectivity index (χ1v) is 10.1. The first-order valence-electron chi connectivity index (χ1n) is 10.1. The summed E-state index contributed by atoms with van der Waals surface area (Å²) in [6.07, 6.45) is 6.05. The fourth-order valence-electron chi connectivity index (χ4n) is 4.04. The van der Waals surface area contributed by atoms with Gasteiger partial charge in [-0.1, -0.05) is 6.07 Å². The first-order chi connectivity index (χ1) is 13.5. The van der Waals surface area contributed by atoms with Crippen molar-refractivity contribution in [3.63, 3.8) is 0 Å². The third-order valence-corrected chi connectivity index (χ3v) is 5.79. The number of carbonyl (C=O) groups excluding carboxylic acids is 1. The van der Waals surface area contributed by atoms with Crippen molar-refractivity contribution in [2.75, 3.05) is 27.2 Å². The molecule has 0 bridgehead atoms. The third-order valence-electron chi connectivity index (χ3n) is 5.79. The van der Waals surface area contributed by atoms with Crippen LogP contribution in [0.2, 0.25) is 0 Å². The number of nitrogens with zero attached hydrogens (tertiary/aromatic N) is 5. The van der Waals surface area contributed by atoms with Crippen LogP contribution in [-0.2, 0) is 0 Å². The minimum atomic E-state index is 0.121. The summed E-state index contributed by atoms with van der Waals surface area (Å²) < 4.78 is 4.03. The number of likely N-dealkylation sites (tertiary alicyclic amines) is 1. The predicted octanol–water partition coefficient (Wildman–Crippen LogP) is 3.55. The Bertz CT molecular complexity index is 976. The van der Waals surface area contributed by atoms with Gasteiger partial charge in [0.1, 0.15) is 5.69 Å². The van der Waals surface area contributed by atoms with Gasteiger partial charge in [-0.15, -0.1) is 0 Å². The van der Waals surface area contributed by atoms with E-state index in [4.69, 9.17) is 5.10 Å². The maximum atomic E-state index is 13.3. The summed E-state index contributed by atoms with van der Waals surface area (Å²) in [7, 11) is 4.23. The summed E-state index contributed by atoms with van der Waals surface area (Å²) in [5.74, 6) is 0.121. The van der Waals surface area contributed by atoms with E-state index < -0.39 is 0 Å². The lowest BCUT2D eigenvalue weighted by Crippen LogP contribution is -2.44. The zero-order valence-electron chi connectivity index (χ0n) is 17.2. The van der Waals surface area contributed by atoms with Crippen molar-refractivity contribution in [1.29, 1.82) is 0 Å². The molecule has 4 rings (SSSR count). The van der Waals surface area contributed by atoms with E-state index in [2.05, 4.69) is 37.2 Å². The quantitative estimate of drug-likeness (QED) is 0.696. The van der Waals surface area contributed by atoms with Crippen LogP contribution >= 0.6 is 0 Å². The van der Waals surface area contributed by atoms with Crippen molar-refractivity contribution in [3.8, 4) is 11.4 Å². The molecule has 0 unspecified atom stereocenters. The van der Waals surface area contributed by atoms with Crippen LogP contribution < -0.4 is 0 Å². The highest BCUT2D eigenvalue weighted by atomic mass is 16.2. The third kappa shape index (κ3) is 3.33. The summed E-state index contributed by atoms with van der Waals surface area (Å²) in [5.41, 5.74) is 3.55. The number of rotatable bonds is 4. The zero-order valence-corrected chi connectivity index (χ0v) is 17.2. The minimum Gasteiger partial charge on any atom is -0.338 e. The van der Waals surface area contributed by atoms with Crippen LogP contribution in [0.25, 0.3) is 16.9 Å². The van der Waals surface area contributed by atoms with Crippen molar-refractivity contribution in [2.24, 2.45) is 0 Å². The van der Waals surface area contributed by atoms with E-state index in [-0.39, 0.29) is 5.91 Å². The second-order valence-corrected chi connectivity index (χ2v) is 8.16. The second kappa shape index (κ2) is 7.43. The Morgan fingerprint density at radius 3 is 2.54 bits per heavy atom. The van der Waals surface area contributed by atoms with Crippen LogP contribution in [0.4, 0.5) is 0 Å². The van der Waals surface area contributed by atoms with Crippen LogP contribution in [-0.4, -0.2) is 63.1 Å². The van der Waals surface area contributed by atoms with E-state index in [0.717, 1.165) is 48.4 Å². The van der Waals surface area contributed by atoms with Gasteiger partial charge >= 0.3 is 0 Å². The van der Waals surface area contributed by atoms with Crippen LogP contribution in [0.15, 0.2) is 42.7 Å². The average Bonchev–Trinajstić information content (AvgIpc) is 3.32. The van der Waals surface area contributed by atoms with Crippen LogP contribution in [0.1, 0.15) is 43.1 Å². The number of aromatic nitrogens is 3. The molecule has 1 saturated heterocycles. The van der Waals surface area contributed by atoms with Crippen LogP contribution in [0, 0.1) is 0 Å². The highest BCUT2D eigenvalue weighted by Gasteiger charge is 2.27. The molecule has 4 heterocycles. The number of hydrogen-bond acceptors (Lipinski definition) is 3. The fourth-order valence-corrected chi connectivity index (χ4v) is 4.04. The van der Waals surface area contributed by atoms with Crippen LogP contribution in [0.3, 0.4) is 0 Å². The van der Waals surface area contributed by atoms with Gasteiger partial charge in [0.15, 0.2) is 0 Å². The van der Waals surface area contributed by atoms with Gasteiger partial charge in [-0.25, -0.2) is 0 Å². The Labute approximate surface area is 166 Å². The molecule has 1 aliphatic heterocycles. The Hall–Kier alpha value is -2.60. The summed E-state index contributed by atoms with van der Waals surface area (Å²) in [4.78, 5) is 17.6. The number of amides is 1. The number of fused-ring (bicyclic) bond motifs is 1. The van der Waals surface area contributed by atoms with Crippen molar-refractivity contribution in [3.05, 3.63) is 48.3 Å². The van der Waals surface area contributed by atoms with Gasteiger partial charge in [-0.3, -0.25) is 9.48 Å². The van der Waals surface area contributed by atoms with Crippen molar-refractivity contribution in [1.82, 2.24) is 24.0 Å². The van der Waals surface area contributed by atoms with Crippen molar-refractivity contribution < 1.29 is 4.79 Å². The maximum Gasteiger partial charge on any atom is 0.256 e. The molecule has 0 atom stereocenters. The van der Waals surface area contributed by atoms with Gasteiger partial charge < -0.3 is 14.2 Å². The lowest BCUT2D eigenvalue weighted by atomic mass is 10.0. The molecule has 0 N–H and O–H groups in total. The van der Waals surface area contributed by atoms with E-state index in [0.29, 0.717) is 12.1 Å². The summed E-state index contributed by atoms with van der Waals surface area (Å²) in [5, 5.41) is 4.71. The second-order valence-electron chi connectivity index (χ2n) is 8.16. The topological polar surface area (TPSA) is 45.8 Å². The molecule has 0 radical (unpaired) electrons. The lowest BCUT2D eigenvalue weighted by Gasteiger charge is -2.35. The van der Waals surface area contributed by atoms with Gasteiger partial charge in [0, 0.05) is 37.6 Å². The van der Waals surface area contributed by atoms with Gasteiger partial charge in [0.2, 0.25) is 0 Å². The Balaban J connectivity index is 1.67. The monoisotopic (exact) mass is 379 g/mol. The molecule has 0 aromatic carbocycles. The van der Waals surface area contributed by atoms with E-state index in [1.54, 1.807) is 0 Å². The molecule has 28 heavy (non-hydrogen) atoms. The number of carbonyl (C=O) groups is 1. The molecule has 0 spiro atoms. The van der Waals surface area contributed by atoms with Gasteiger partial charge in [-0.05, 0) is 65.0 Å². The molecule has 1 aliphatic rings. The van der Waals surface area contributed by atoms with Gasteiger partial charge in [-0.2, -0.15) is 5.10 Å². The molecular weight excluding hydrogens is 350 g/mol. The predicted molar refractivity (Wildman–Crippen MR) is 112 cm³/mol. The van der Waals surface area contributed by atoms with E-state index in [1.165, 1.54) is 0 Å². The molecule has 0 saturated carbocycles. The normalized spacial score (nSPS) is 15.9. The Morgan fingerprint density at radius 1 is 1.14 bits per heavy atom.